The number of phosphoric ester groups is 1. The van der Waals surface area contributed by atoms with E-state index in [1.54, 1.807) is 0 Å². The molecule has 0 aromatic heterocycles. The van der Waals surface area contributed by atoms with E-state index in [9.17, 15) is 14.3 Å². The second-order valence-corrected chi connectivity index (χ2v) is 18.2. The van der Waals surface area contributed by atoms with Crippen LogP contribution in [-0.4, -0.2) is 75.6 Å². The van der Waals surface area contributed by atoms with Gasteiger partial charge in [-0.2, -0.15) is 0 Å². The molecule has 9 heteroatoms. The number of quaternary nitrogens is 1. The molecule has 0 radical (unpaired) electrons. The molecule has 0 aliphatic heterocycles. The van der Waals surface area contributed by atoms with E-state index in [1.165, 1.54) is 51.4 Å². The van der Waals surface area contributed by atoms with Crippen LogP contribution in [0.2, 0.25) is 0 Å². The summed E-state index contributed by atoms with van der Waals surface area (Å²) in [6, 6.07) is 0. The van der Waals surface area contributed by atoms with Gasteiger partial charge in [-0.25, -0.2) is 4.57 Å². The number of esters is 1. The zero-order valence-electron chi connectivity index (χ0n) is 39.6. The largest absolute Gasteiger partial charge is 0.472 e. The van der Waals surface area contributed by atoms with Gasteiger partial charge < -0.3 is 18.9 Å². The molecule has 0 saturated carbocycles. The van der Waals surface area contributed by atoms with Crippen molar-refractivity contribution in [3.8, 4) is 0 Å². The Bertz CT molecular complexity index is 1290. The third-order valence-electron chi connectivity index (χ3n) is 9.63. The van der Waals surface area contributed by atoms with Crippen LogP contribution in [0.5, 0.6) is 0 Å². The Labute approximate surface area is 375 Å². The van der Waals surface area contributed by atoms with Crippen molar-refractivity contribution in [3.05, 3.63) is 97.2 Å². The fourth-order valence-corrected chi connectivity index (χ4v) is 6.68. The number of nitrogens with zero attached hydrogens (tertiary/aromatic N) is 1. The summed E-state index contributed by atoms with van der Waals surface area (Å²) < 4.78 is 35.0. The van der Waals surface area contributed by atoms with Crippen molar-refractivity contribution >= 4 is 13.8 Å². The van der Waals surface area contributed by atoms with Crippen LogP contribution in [0, 0.1) is 0 Å². The van der Waals surface area contributed by atoms with E-state index in [0.29, 0.717) is 24.1 Å². The topological polar surface area (TPSA) is 91.3 Å². The average Bonchev–Trinajstić information content (AvgIpc) is 3.22. The number of likely N-dealkylation sites (N-methyl/N-ethyl adjacent to an activating group) is 1. The van der Waals surface area contributed by atoms with E-state index >= 15 is 0 Å². The van der Waals surface area contributed by atoms with Crippen LogP contribution in [0.15, 0.2) is 97.2 Å². The lowest BCUT2D eigenvalue weighted by atomic mass is 10.1. The monoisotopic (exact) mass is 873 g/mol. The van der Waals surface area contributed by atoms with Gasteiger partial charge in [0.2, 0.25) is 0 Å². The normalized spacial score (nSPS) is 14.5. The van der Waals surface area contributed by atoms with Gasteiger partial charge in [-0.3, -0.25) is 13.8 Å². The standard InChI is InChI=1S/C52H90NO7P/c1-6-8-10-12-14-16-18-20-22-24-26-27-28-29-31-33-35-37-39-41-43-45-52(54)60-51(50-59-61(55,56)58-48-46-53(3,4)5)49-57-47-44-42-40-38-36-34-32-30-25-23-21-19-17-15-13-11-9-7-2/h9,11,15,17-18,20-21,23-24,26,28-30,32,36,38,51H,6-8,10,12-14,16,19,22,25,27,31,33-35,37,39-50H2,1-5H3/p+1/b11-9-,17-15-,20-18-,23-21-,26-24-,29-28-,32-30-,38-36-. The van der Waals surface area contributed by atoms with E-state index in [2.05, 4.69) is 111 Å². The molecule has 61 heavy (non-hydrogen) atoms. The minimum atomic E-state index is -4.30. The van der Waals surface area contributed by atoms with Crippen molar-refractivity contribution in [2.45, 2.75) is 174 Å². The van der Waals surface area contributed by atoms with Gasteiger partial charge >= 0.3 is 13.8 Å². The lowest BCUT2D eigenvalue weighted by Gasteiger charge is -2.24. The lowest BCUT2D eigenvalue weighted by Crippen LogP contribution is -2.37. The first kappa shape index (κ1) is 58.4. The van der Waals surface area contributed by atoms with Gasteiger partial charge in [0.15, 0.2) is 0 Å². The molecule has 0 rings (SSSR count). The molecule has 0 aliphatic rings. The Hall–Kier alpha value is -2.58. The summed E-state index contributed by atoms with van der Waals surface area (Å²) in [4.78, 5) is 23.0. The lowest BCUT2D eigenvalue weighted by molar-refractivity contribution is -0.870. The Morgan fingerprint density at radius 1 is 0.525 bits per heavy atom. The molecule has 0 spiro atoms. The SMILES string of the molecule is CC/C=C\C/C=C\C/C=C\C/C=C\C/C=C\CCCCOCC(COP(=O)(O)OCC[N+](C)(C)C)OC(=O)CCCCCCCC/C=C\C/C=C\C/C=C\CCCCCCC. The average molecular weight is 873 g/mol. The van der Waals surface area contributed by atoms with Crippen LogP contribution >= 0.6 is 7.82 Å². The fraction of sp³-hybridized carbons (Fsp3) is 0.673. The van der Waals surface area contributed by atoms with Crippen molar-refractivity contribution in [2.75, 3.05) is 54.1 Å². The summed E-state index contributed by atoms with van der Waals surface area (Å²) in [7, 11) is 1.61. The second-order valence-electron chi connectivity index (χ2n) is 16.8. The summed E-state index contributed by atoms with van der Waals surface area (Å²) in [6.45, 7) is 5.34. The molecule has 0 aromatic carbocycles. The molecule has 0 aromatic rings. The Balaban J connectivity index is 4.32. The number of carbonyl (C=O) groups is 1. The first-order valence-electron chi connectivity index (χ1n) is 24.0. The smallest absolute Gasteiger partial charge is 0.457 e. The highest BCUT2D eigenvalue weighted by atomic mass is 31.2. The molecule has 2 unspecified atom stereocenters. The number of allylic oxidation sites excluding steroid dienone is 16. The highest BCUT2D eigenvalue weighted by Crippen LogP contribution is 2.43. The number of rotatable bonds is 43. The minimum Gasteiger partial charge on any atom is -0.457 e. The molecular formula is C52H91NO7P+. The van der Waals surface area contributed by atoms with Crippen LogP contribution in [0.25, 0.3) is 0 Å². The highest BCUT2D eigenvalue weighted by Gasteiger charge is 2.26. The number of ether oxygens (including phenoxy) is 2. The maximum absolute atomic E-state index is 12.7. The molecule has 0 fully saturated rings. The van der Waals surface area contributed by atoms with E-state index in [-0.39, 0.29) is 25.8 Å². The van der Waals surface area contributed by atoms with Crippen LogP contribution in [0.1, 0.15) is 168 Å². The van der Waals surface area contributed by atoms with Crippen LogP contribution in [0.3, 0.4) is 0 Å². The van der Waals surface area contributed by atoms with E-state index < -0.39 is 13.9 Å². The first-order chi connectivity index (χ1) is 29.6. The molecule has 0 heterocycles. The zero-order valence-corrected chi connectivity index (χ0v) is 40.5. The highest BCUT2D eigenvalue weighted by molar-refractivity contribution is 7.47. The van der Waals surface area contributed by atoms with Crippen LogP contribution in [0.4, 0.5) is 0 Å². The molecule has 1 N–H and O–H groups in total. The van der Waals surface area contributed by atoms with Gasteiger partial charge in [0.1, 0.15) is 19.3 Å². The van der Waals surface area contributed by atoms with Crippen molar-refractivity contribution in [1.29, 1.82) is 0 Å². The molecular weight excluding hydrogens is 782 g/mol. The number of unbranched alkanes of at least 4 members (excludes halogenated alkanes) is 13. The van der Waals surface area contributed by atoms with Crippen molar-refractivity contribution < 1.29 is 37.3 Å². The number of hydrogen-bond acceptors (Lipinski definition) is 6. The van der Waals surface area contributed by atoms with E-state index in [0.717, 1.165) is 96.3 Å². The van der Waals surface area contributed by atoms with Crippen molar-refractivity contribution in [3.63, 3.8) is 0 Å². The Kier molecular flexibility index (Phi) is 42.2. The molecule has 0 saturated heterocycles. The molecule has 350 valence electrons. The third-order valence-corrected chi connectivity index (χ3v) is 10.6. The summed E-state index contributed by atoms with van der Waals surface area (Å²) in [5.74, 6) is -0.345. The van der Waals surface area contributed by atoms with Crippen molar-refractivity contribution in [2.24, 2.45) is 0 Å². The molecule has 0 amide bonds. The molecule has 0 aliphatic carbocycles. The summed E-state index contributed by atoms with van der Waals surface area (Å²) in [5, 5.41) is 0. The quantitative estimate of drug-likeness (QED) is 0.0214. The zero-order chi connectivity index (χ0) is 44.8. The van der Waals surface area contributed by atoms with Gasteiger partial charge in [-0.05, 0) is 96.3 Å². The Morgan fingerprint density at radius 2 is 0.951 bits per heavy atom. The van der Waals surface area contributed by atoms with Crippen LogP contribution < -0.4 is 0 Å². The fourth-order valence-electron chi connectivity index (χ4n) is 5.94. The molecule has 0 bridgehead atoms. The number of carbonyl (C=O) groups excluding carboxylic acids is 1. The minimum absolute atomic E-state index is 0.0715. The van der Waals surface area contributed by atoms with Crippen LogP contribution in [-0.2, 0) is 27.9 Å². The molecule has 2 atom stereocenters. The maximum Gasteiger partial charge on any atom is 0.472 e. The summed E-state index contributed by atoms with van der Waals surface area (Å²) in [5.41, 5.74) is 0. The number of phosphoric acid groups is 1. The second kappa shape index (κ2) is 44.0. The molecule has 8 nitrogen and oxygen atoms in total. The number of hydrogen-bond donors (Lipinski definition) is 1. The van der Waals surface area contributed by atoms with Gasteiger partial charge in [-0.1, -0.05) is 162 Å². The van der Waals surface area contributed by atoms with Crippen molar-refractivity contribution in [1.82, 2.24) is 0 Å². The third kappa shape index (κ3) is 48.3. The predicted octanol–water partition coefficient (Wildman–Crippen LogP) is 14.6. The Morgan fingerprint density at radius 3 is 1.43 bits per heavy atom. The predicted molar refractivity (Wildman–Crippen MR) is 261 cm³/mol. The van der Waals surface area contributed by atoms with Gasteiger partial charge in [0, 0.05) is 13.0 Å². The van der Waals surface area contributed by atoms with E-state index in [1.807, 2.05) is 21.1 Å². The van der Waals surface area contributed by atoms with E-state index in [4.69, 9.17) is 18.5 Å². The summed E-state index contributed by atoms with van der Waals surface area (Å²) in [6.07, 6.45) is 60.2. The van der Waals surface area contributed by atoms with Gasteiger partial charge in [-0.15, -0.1) is 0 Å². The van der Waals surface area contributed by atoms with Gasteiger partial charge in [0.25, 0.3) is 0 Å². The maximum atomic E-state index is 12.7. The van der Waals surface area contributed by atoms with Gasteiger partial charge in [0.05, 0.1) is 34.4 Å². The first-order valence-corrected chi connectivity index (χ1v) is 25.5. The summed E-state index contributed by atoms with van der Waals surface area (Å²) >= 11 is 0.